The van der Waals surface area contributed by atoms with Gasteiger partial charge in [-0.05, 0) is 56.2 Å². The number of ether oxygens (including phenoxy) is 2. The summed E-state index contributed by atoms with van der Waals surface area (Å²) in [7, 11) is 0. The van der Waals surface area contributed by atoms with Gasteiger partial charge in [0.1, 0.15) is 19.0 Å². The van der Waals surface area contributed by atoms with E-state index in [1.54, 1.807) is 6.92 Å². The second kappa shape index (κ2) is 5.24. The first-order chi connectivity index (χ1) is 9.24. The molecule has 1 aliphatic heterocycles. The van der Waals surface area contributed by atoms with Gasteiger partial charge in [0.2, 0.25) is 0 Å². The van der Waals surface area contributed by atoms with E-state index >= 15 is 0 Å². The van der Waals surface area contributed by atoms with Crippen LogP contribution in [0.1, 0.15) is 44.1 Å². The van der Waals surface area contributed by atoms with Crippen LogP contribution < -0.4 is 9.47 Å². The molecular formula is C16H20O3. The first kappa shape index (κ1) is 12.5. The monoisotopic (exact) mass is 260 g/mol. The van der Waals surface area contributed by atoms with Crippen LogP contribution in [0.25, 0.3) is 0 Å². The minimum absolute atomic E-state index is 0.286. The van der Waals surface area contributed by atoms with Crippen molar-refractivity contribution in [1.29, 1.82) is 0 Å². The first-order valence-corrected chi connectivity index (χ1v) is 7.14. The third-order valence-corrected chi connectivity index (χ3v) is 4.34. The third kappa shape index (κ3) is 2.60. The Hall–Kier alpha value is -1.51. The van der Waals surface area contributed by atoms with Crippen molar-refractivity contribution < 1.29 is 14.3 Å². The fraction of sp³-hybridized carbons (Fsp3) is 0.562. The van der Waals surface area contributed by atoms with Crippen LogP contribution in [-0.2, 0) is 4.79 Å². The molecular weight excluding hydrogens is 240 g/mol. The molecule has 3 nitrogen and oxygen atoms in total. The summed E-state index contributed by atoms with van der Waals surface area (Å²) in [5.74, 6) is 2.92. The van der Waals surface area contributed by atoms with E-state index in [1.807, 2.05) is 6.07 Å². The van der Waals surface area contributed by atoms with Crippen LogP contribution in [0.3, 0.4) is 0 Å². The fourth-order valence-electron chi connectivity index (χ4n) is 3.15. The van der Waals surface area contributed by atoms with Gasteiger partial charge in [-0.3, -0.25) is 4.79 Å². The summed E-state index contributed by atoms with van der Waals surface area (Å²) in [4.78, 5) is 11.4. The number of hydrogen-bond donors (Lipinski definition) is 0. The largest absolute Gasteiger partial charge is 0.486 e. The smallest absolute Gasteiger partial charge is 0.161 e. The number of hydrogen-bond acceptors (Lipinski definition) is 3. The molecule has 0 amide bonds. The molecule has 0 radical (unpaired) electrons. The van der Waals surface area contributed by atoms with E-state index in [9.17, 15) is 4.79 Å². The standard InChI is InChI=1S/C16H20O3/c1-11(17)12-2-4-13(5-3-12)14-6-7-15-16(10-14)19-9-8-18-15/h6-7,10,12-13H,2-5,8-9H2,1H3. The van der Waals surface area contributed by atoms with Gasteiger partial charge in [0.05, 0.1) is 0 Å². The number of benzene rings is 1. The van der Waals surface area contributed by atoms with Gasteiger partial charge >= 0.3 is 0 Å². The van der Waals surface area contributed by atoms with Gasteiger partial charge in [-0.2, -0.15) is 0 Å². The lowest BCUT2D eigenvalue weighted by molar-refractivity contribution is -0.121. The Balaban J connectivity index is 1.71. The highest BCUT2D eigenvalue weighted by Gasteiger charge is 2.25. The number of ketones is 1. The van der Waals surface area contributed by atoms with Crippen molar-refractivity contribution in [3.05, 3.63) is 23.8 Å². The second-order valence-electron chi connectivity index (χ2n) is 5.56. The summed E-state index contributed by atoms with van der Waals surface area (Å²) in [5.41, 5.74) is 1.33. The Morgan fingerprint density at radius 2 is 1.74 bits per heavy atom. The summed E-state index contributed by atoms with van der Waals surface area (Å²) in [6.45, 7) is 2.98. The molecule has 0 saturated heterocycles. The van der Waals surface area contributed by atoms with Crippen molar-refractivity contribution in [3.8, 4) is 11.5 Å². The van der Waals surface area contributed by atoms with Crippen molar-refractivity contribution in [1.82, 2.24) is 0 Å². The topological polar surface area (TPSA) is 35.5 Å². The molecule has 1 saturated carbocycles. The van der Waals surface area contributed by atoms with Gasteiger partial charge in [-0.15, -0.1) is 0 Å². The zero-order valence-electron chi connectivity index (χ0n) is 11.4. The van der Waals surface area contributed by atoms with E-state index in [-0.39, 0.29) is 5.92 Å². The van der Waals surface area contributed by atoms with Crippen molar-refractivity contribution >= 4 is 5.78 Å². The Morgan fingerprint density at radius 3 is 2.42 bits per heavy atom. The summed E-state index contributed by atoms with van der Waals surface area (Å²) in [6, 6.07) is 6.28. The normalized spacial score (nSPS) is 25.9. The summed E-state index contributed by atoms with van der Waals surface area (Å²) in [5, 5.41) is 0. The molecule has 2 aliphatic rings. The zero-order chi connectivity index (χ0) is 13.2. The van der Waals surface area contributed by atoms with Gasteiger partial charge in [0.25, 0.3) is 0 Å². The molecule has 0 aromatic heterocycles. The molecule has 3 rings (SSSR count). The second-order valence-corrected chi connectivity index (χ2v) is 5.56. The quantitative estimate of drug-likeness (QED) is 0.818. The maximum absolute atomic E-state index is 11.4. The number of rotatable bonds is 2. The molecule has 0 N–H and O–H groups in total. The van der Waals surface area contributed by atoms with Crippen molar-refractivity contribution in [3.63, 3.8) is 0 Å². The summed E-state index contributed by atoms with van der Waals surface area (Å²) < 4.78 is 11.2. The highest BCUT2D eigenvalue weighted by atomic mass is 16.6. The first-order valence-electron chi connectivity index (χ1n) is 7.14. The van der Waals surface area contributed by atoms with Crippen molar-refractivity contribution in [2.45, 2.75) is 38.5 Å². The molecule has 1 fully saturated rings. The molecule has 0 unspecified atom stereocenters. The maximum Gasteiger partial charge on any atom is 0.161 e. The number of carbonyl (C=O) groups excluding carboxylic acids is 1. The van der Waals surface area contributed by atoms with E-state index in [4.69, 9.17) is 9.47 Å². The number of Topliss-reactive ketones (excluding diaryl/α,β-unsaturated/α-hetero) is 1. The van der Waals surface area contributed by atoms with Crippen molar-refractivity contribution in [2.24, 2.45) is 5.92 Å². The van der Waals surface area contributed by atoms with E-state index in [0.717, 1.165) is 37.2 Å². The minimum Gasteiger partial charge on any atom is -0.486 e. The predicted octanol–water partition coefficient (Wildman–Crippen LogP) is 3.32. The average Bonchev–Trinajstić information content (AvgIpc) is 2.47. The molecule has 0 atom stereocenters. The van der Waals surface area contributed by atoms with Gasteiger partial charge in [0, 0.05) is 5.92 Å². The predicted molar refractivity (Wildman–Crippen MR) is 72.8 cm³/mol. The lowest BCUT2D eigenvalue weighted by atomic mass is 9.77. The SMILES string of the molecule is CC(=O)C1CCC(c2ccc3c(c2)OCCO3)CC1. The molecule has 1 aliphatic carbocycles. The van der Waals surface area contributed by atoms with E-state index in [1.165, 1.54) is 5.56 Å². The van der Waals surface area contributed by atoms with Gasteiger partial charge in [-0.1, -0.05) is 6.07 Å². The lowest BCUT2D eigenvalue weighted by Crippen LogP contribution is -2.19. The molecule has 19 heavy (non-hydrogen) atoms. The number of fused-ring (bicyclic) bond motifs is 1. The highest BCUT2D eigenvalue weighted by Crippen LogP contribution is 2.39. The Morgan fingerprint density at radius 1 is 1.05 bits per heavy atom. The van der Waals surface area contributed by atoms with Crippen LogP contribution in [0.2, 0.25) is 0 Å². The minimum atomic E-state index is 0.286. The van der Waals surface area contributed by atoms with Crippen LogP contribution in [-0.4, -0.2) is 19.0 Å². The molecule has 102 valence electrons. The third-order valence-electron chi connectivity index (χ3n) is 4.34. The number of carbonyl (C=O) groups is 1. The van der Waals surface area contributed by atoms with Gasteiger partial charge in [-0.25, -0.2) is 0 Å². The molecule has 1 aromatic rings. The Labute approximate surface area is 113 Å². The fourth-order valence-corrected chi connectivity index (χ4v) is 3.15. The summed E-state index contributed by atoms with van der Waals surface area (Å²) >= 11 is 0. The van der Waals surface area contributed by atoms with Crippen molar-refractivity contribution in [2.75, 3.05) is 13.2 Å². The van der Waals surface area contributed by atoms with Crippen LogP contribution >= 0.6 is 0 Å². The van der Waals surface area contributed by atoms with Gasteiger partial charge in [0.15, 0.2) is 11.5 Å². The highest BCUT2D eigenvalue weighted by molar-refractivity contribution is 5.78. The van der Waals surface area contributed by atoms with E-state index in [0.29, 0.717) is 24.9 Å². The zero-order valence-corrected chi connectivity index (χ0v) is 11.4. The molecule has 0 spiro atoms. The molecule has 1 aromatic carbocycles. The summed E-state index contributed by atoms with van der Waals surface area (Å²) in [6.07, 6.45) is 4.25. The van der Waals surface area contributed by atoms with Crippen LogP contribution in [0.15, 0.2) is 18.2 Å². The molecule has 1 heterocycles. The van der Waals surface area contributed by atoms with Crippen LogP contribution in [0.5, 0.6) is 11.5 Å². The van der Waals surface area contributed by atoms with E-state index in [2.05, 4.69) is 12.1 Å². The van der Waals surface area contributed by atoms with Gasteiger partial charge < -0.3 is 9.47 Å². The van der Waals surface area contributed by atoms with Crippen LogP contribution in [0.4, 0.5) is 0 Å². The lowest BCUT2D eigenvalue weighted by Gasteiger charge is -2.28. The maximum atomic E-state index is 11.4. The average molecular weight is 260 g/mol. The van der Waals surface area contributed by atoms with Crippen LogP contribution in [0, 0.1) is 5.92 Å². The Bertz CT molecular complexity index is 473. The molecule has 0 bridgehead atoms. The van der Waals surface area contributed by atoms with E-state index < -0.39 is 0 Å². The Kier molecular flexibility index (Phi) is 3.45. The molecule has 3 heteroatoms.